The van der Waals surface area contributed by atoms with Gasteiger partial charge in [-0.2, -0.15) is 0 Å². The highest BCUT2D eigenvalue weighted by molar-refractivity contribution is 5.65. The topological polar surface area (TPSA) is 72.4 Å². The number of hydrogen-bond donors (Lipinski definition) is 1. The molecule has 1 unspecified atom stereocenters. The summed E-state index contributed by atoms with van der Waals surface area (Å²) in [5.74, 6) is 0.669. The molecule has 1 aliphatic carbocycles. The Hall–Kier alpha value is -2.04. The largest absolute Gasteiger partial charge is 0.393 e. The fourth-order valence-electron chi connectivity index (χ4n) is 3.76. The lowest BCUT2D eigenvalue weighted by Gasteiger charge is -2.39. The molecule has 2 N–H and O–H groups in total. The zero-order valence-electron chi connectivity index (χ0n) is 13.0. The van der Waals surface area contributed by atoms with E-state index in [2.05, 4.69) is 11.0 Å². The summed E-state index contributed by atoms with van der Waals surface area (Å²) < 4.78 is 0. The molecule has 1 saturated heterocycles. The minimum Gasteiger partial charge on any atom is -0.393 e. The van der Waals surface area contributed by atoms with Gasteiger partial charge in [-0.25, -0.2) is 0 Å². The standard InChI is InChI=1S/C17H23N3O2/c1-12-8-9-16(20(21)22)17(18)14(12)11-19-10-4-6-13-5-2-3-7-15(13)19/h7-9,13H,2-6,10-11,18H2,1H3. The minimum absolute atomic E-state index is 0.0202. The van der Waals surface area contributed by atoms with Crippen LogP contribution in [0.15, 0.2) is 23.9 Å². The molecular weight excluding hydrogens is 278 g/mol. The molecule has 0 bridgehead atoms. The number of nitro benzene ring substituents is 1. The number of hydrogen-bond acceptors (Lipinski definition) is 4. The quantitative estimate of drug-likeness (QED) is 0.524. The van der Waals surface area contributed by atoms with Gasteiger partial charge in [0.05, 0.1) is 4.92 Å². The Kier molecular flexibility index (Phi) is 4.05. The van der Waals surface area contributed by atoms with Crippen molar-refractivity contribution in [3.05, 3.63) is 45.1 Å². The van der Waals surface area contributed by atoms with Crippen molar-refractivity contribution in [1.29, 1.82) is 0 Å². The van der Waals surface area contributed by atoms with Crippen LogP contribution in [-0.4, -0.2) is 16.4 Å². The summed E-state index contributed by atoms with van der Waals surface area (Å²) in [7, 11) is 0. The highest BCUT2D eigenvalue weighted by Crippen LogP contribution is 2.37. The van der Waals surface area contributed by atoms with Crippen LogP contribution >= 0.6 is 0 Å². The van der Waals surface area contributed by atoms with Gasteiger partial charge in [0.25, 0.3) is 5.69 Å². The number of nitro groups is 1. The molecule has 1 heterocycles. The zero-order chi connectivity index (χ0) is 15.7. The van der Waals surface area contributed by atoms with Crippen LogP contribution < -0.4 is 5.73 Å². The van der Waals surface area contributed by atoms with Crippen molar-refractivity contribution in [3.63, 3.8) is 0 Å². The average molecular weight is 301 g/mol. The average Bonchev–Trinajstić information content (AvgIpc) is 2.51. The molecule has 1 aromatic carbocycles. The van der Waals surface area contributed by atoms with E-state index in [0.29, 0.717) is 18.2 Å². The van der Waals surface area contributed by atoms with Crippen LogP contribution in [-0.2, 0) is 6.54 Å². The molecule has 5 heteroatoms. The van der Waals surface area contributed by atoms with Gasteiger partial charge in [-0.1, -0.05) is 12.1 Å². The lowest BCUT2D eigenvalue weighted by atomic mass is 9.84. The summed E-state index contributed by atoms with van der Waals surface area (Å²) in [5.41, 5.74) is 9.79. The predicted octanol–water partition coefficient (Wildman–Crippen LogP) is 3.77. The van der Waals surface area contributed by atoms with Gasteiger partial charge in [0, 0.05) is 30.4 Å². The van der Waals surface area contributed by atoms with E-state index >= 15 is 0 Å². The fraction of sp³-hybridized carbons (Fsp3) is 0.529. The molecule has 118 valence electrons. The first-order chi connectivity index (χ1) is 10.6. The van der Waals surface area contributed by atoms with Crippen LogP contribution in [0.3, 0.4) is 0 Å². The normalized spacial score (nSPS) is 21.2. The number of allylic oxidation sites excluding steroid dienone is 2. The van der Waals surface area contributed by atoms with Crippen molar-refractivity contribution in [3.8, 4) is 0 Å². The summed E-state index contributed by atoms with van der Waals surface area (Å²) in [6.07, 6.45) is 8.51. The molecule has 1 aliphatic heterocycles. The Morgan fingerprint density at radius 1 is 1.36 bits per heavy atom. The molecule has 1 fully saturated rings. The maximum atomic E-state index is 11.1. The lowest BCUT2D eigenvalue weighted by molar-refractivity contribution is -0.384. The number of piperidine rings is 1. The van der Waals surface area contributed by atoms with Crippen molar-refractivity contribution >= 4 is 11.4 Å². The number of nitrogen functional groups attached to an aromatic ring is 1. The molecular formula is C17H23N3O2. The highest BCUT2D eigenvalue weighted by Gasteiger charge is 2.28. The van der Waals surface area contributed by atoms with E-state index in [4.69, 9.17) is 5.73 Å². The first-order valence-corrected chi connectivity index (χ1v) is 8.05. The smallest absolute Gasteiger partial charge is 0.292 e. The number of nitrogens with two attached hydrogens (primary N) is 1. The number of nitrogens with zero attached hydrogens (tertiary/aromatic N) is 2. The first kappa shape index (κ1) is 14.9. The van der Waals surface area contributed by atoms with Crippen LogP contribution in [0.1, 0.15) is 43.2 Å². The number of rotatable bonds is 3. The summed E-state index contributed by atoms with van der Waals surface area (Å²) in [4.78, 5) is 13.1. The Morgan fingerprint density at radius 2 is 2.14 bits per heavy atom. The summed E-state index contributed by atoms with van der Waals surface area (Å²) >= 11 is 0. The van der Waals surface area contributed by atoms with Crippen LogP contribution in [0.25, 0.3) is 0 Å². The molecule has 1 aromatic rings. The van der Waals surface area contributed by atoms with Gasteiger partial charge >= 0.3 is 0 Å². The van der Waals surface area contributed by atoms with Crippen LogP contribution in [0.2, 0.25) is 0 Å². The Bertz CT molecular complexity index is 625. The number of likely N-dealkylation sites (tertiary alicyclic amines) is 1. The maximum Gasteiger partial charge on any atom is 0.292 e. The third-order valence-corrected chi connectivity index (χ3v) is 4.99. The Balaban J connectivity index is 1.91. The molecule has 0 spiro atoms. The second-order valence-corrected chi connectivity index (χ2v) is 6.37. The van der Waals surface area contributed by atoms with Crippen molar-refractivity contribution in [2.24, 2.45) is 5.92 Å². The summed E-state index contributed by atoms with van der Waals surface area (Å²) in [6.45, 7) is 3.68. The van der Waals surface area contributed by atoms with Crippen LogP contribution in [0.4, 0.5) is 11.4 Å². The van der Waals surface area contributed by atoms with Gasteiger partial charge in [0.15, 0.2) is 0 Å². The maximum absolute atomic E-state index is 11.1. The van der Waals surface area contributed by atoms with E-state index in [-0.39, 0.29) is 5.69 Å². The van der Waals surface area contributed by atoms with Gasteiger partial charge in [-0.05, 0) is 50.5 Å². The van der Waals surface area contributed by atoms with Crippen LogP contribution in [0, 0.1) is 23.0 Å². The van der Waals surface area contributed by atoms with E-state index < -0.39 is 4.92 Å². The molecule has 0 aromatic heterocycles. The highest BCUT2D eigenvalue weighted by atomic mass is 16.6. The predicted molar refractivity (Wildman–Crippen MR) is 87.3 cm³/mol. The van der Waals surface area contributed by atoms with E-state index in [0.717, 1.165) is 24.1 Å². The van der Waals surface area contributed by atoms with Gasteiger partial charge in [-0.3, -0.25) is 10.1 Å². The lowest BCUT2D eigenvalue weighted by Crippen LogP contribution is -2.34. The molecule has 5 nitrogen and oxygen atoms in total. The third kappa shape index (κ3) is 2.67. The minimum atomic E-state index is -0.392. The zero-order valence-corrected chi connectivity index (χ0v) is 13.0. The SMILES string of the molecule is Cc1ccc([N+](=O)[O-])c(N)c1CN1CCCC2CCCC=C21. The van der Waals surface area contributed by atoms with Gasteiger partial charge in [0.2, 0.25) is 0 Å². The molecule has 22 heavy (non-hydrogen) atoms. The number of aryl methyl sites for hydroxylation is 1. The van der Waals surface area contributed by atoms with Crippen molar-refractivity contribution in [2.75, 3.05) is 12.3 Å². The number of fused-ring (bicyclic) bond motifs is 1. The Morgan fingerprint density at radius 3 is 2.91 bits per heavy atom. The van der Waals surface area contributed by atoms with E-state index in [1.165, 1.54) is 37.4 Å². The van der Waals surface area contributed by atoms with Crippen LogP contribution in [0.5, 0.6) is 0 Å². The molecule has 0 amide bonds. The van der Waals surface area contributed by atoms with E-state index in [1.54, 1.807) is 6.07 Å². The van der Waals surface area contributed by atoms with Gasteiger partial charge in [-0.15, -0.1) is 0 Å². The first-order valence-electron chi connectivity index (χ1n) is 8.05. The van der Waals surface area contributed by atoms with Gasteiger partial charge < -0.3 is 10.6 Å². The Labute approximate surface area is 130 Å². The van der Waals surface area contributed by atoms with Crippen molar-refractivity contribution in [1.82, 2.24) is 4.90 Å². The molecule has 0 saturated carbocycles. The second kappa shape index (κ2) is 5.99. The molecule has 2 aliphatic rings. The summed E-state index contributed by atoms with van der Waals surface area (Å²) in [6, 6.07) is 3.31. The molecule has 0 radical (unpaired) electrons. The second-order valence-electron chi connectivity index (χ2n) is 6.37. The van der Waals surface area contributed by atoms with E-state index in [9.17, 15) is 10.1 Å². The molecule has 1 atom stereocenters. The summed E-state index contributed by atoms with van der Waals surface area (Å²) in [5, 5.41) is 11.1. The van der Waals surface area contributed by atoms with Gasteiger partial charge in [0.1, 0.15) is 5.69 Å². The third-order valence-electron chi connectivity index (χ3n) is 4.99. The monoisotopic (exact) mass is 301 g/mol. The fourth-order valence-corrected chi connectivity index (χ4v) is 3.76. The van der Waals surface area contributed by atoms with E-state index in [1.807, 2.05) is 6.92 Å². The van der Waals surface area contributed by atoms with Crippen molar-refractivity contribution < 1.29 is 4.92 Å². The van der Waals surface area contributed by atoms with Crippen molar-refractivity contribution in [2.45, 2.75) is 45.6 Å². The molecule has 3 rings (SSSR count). The number of benzene rings is 1. The number of anilines is 1.